The van der Waals surface area contributed by atoms with Gasteiger partial charge in [0.15, 0.2) is 0 Å². The molecule has 1 amide bonds. The van der Waals surface area contributed by atoms with Gasteiger partial charge >= 0.3 is 29.6 Å². The number of hydrogen-bond donors (Lipinski definition) is 1. The molecule has 8 heteroatoms. The number of likely N-dealkylation sites (tertiary alicyclic amines) is 1. The molecule has 25 heavy (non-hydrogen) atoms. The van der Waals surface area contributed by atoms with Crippen LogP contribution in [-0.2, 0) is 16.0 Å². The maximum atomic E-state index is 12.5. The molecular formula is C17H22N3NaO4. The number of carbonyl (C=O) groups is 2. The zero-order valence-electron chi connectivity index (χ0n) is 14.7. The average Bonchev–Trinajstić information content (AvgIpc) is 3.32. The fourth-order valence-electron chi connectivity index (χ4n) is 3.46. The molecule has 1 aromatic rings. The first kappa shape index (κ1) is 20.2. The molecule has 1 N–H and O–H groups in total. The molecule has 2 heterocycles. The van der Waals surface area contributed by atoms with Gasteiger partial charge in [-0.15, -0.1) is 0 Å². The fourth-order valence-corrected chi connectivity index (χ4v) is 3.46. The molecule has 2 atom stereocenters. The summed E-state index contributed by atoms with van der Waals surface area (Å²) in [5.41, 5.74) is 0.929. The molecule has 0 aromatic carbocycles. The van der Waals surface area contributed by atoms with Gasteiger partial charge in [0.25, 0.3) is 0 Å². The summed E-state index contributed by atoms with van der Waals surface area (Å²) in [7, 11) is 1.57. The van der Waals surface area contributed by atoms with Gasteiger partial charge in [0, 0.05) is 24.3 Å². The quantitative estimate of drug-likeness (QED) is 0.510. The van der Waals surface area contributed by atoms with Gasteiger partial charge in [-0.3, -0.25) is 9.69 Å². The first-order valence-electron chi connectivity index (χ1n) is 8.35. The SMILES string of the molecule is COc1ncccc1CCNC(=O)C1CCC(C(=O)[O-])N1C1CC1.[Na+]. The number of amides is 1. The van der Waals surface area contributed by atoms with Crippen molar-refractivity contribution in [3.05, 3.63) is 23.9 Å². The molecule has 2 fully saturated rings. The van der Waals surface area contributed by atoms with Gasteiger partial charge in [-0.25, -0.2) is 4.98 Å². The minimum absolute atomic E-state index is 0. The van der Waals surface area contributed by atoms with E-state index in [9.17, 15) is 14.7 Å². The molecule has 130 valence electrons. The number of methoxy groups -OCH3 is 1. The Bertz CT molecular complexity index is 624. The third-order valence-corrected chi connectivity index (χ3v) is 4.71. The topological polar surface area (TPSA) is 94.6 Å². The summed E-state index contributed by atoms with van der Waals surface area (Å²) in [5, 5.41) is 14.2. The minimum atomic E-state index is -1.07. The molecule has 1 aliphatic heterocycles. The van der Waals surface area contributed by atoms with Crippen LogP contribution < -0.4 is 44.7 Å². The number of aliphatic carboxylic acids is 1. The minimum Gasteiger partial charge on any atom is -0.548 e. The van der Waals surface area contributed by atoms with E-state index < -0.39 is 12.0 Å². The van der Waals surface area contributed by atoms with E-state index in [1.807, 2.05) is 17.0 Å². The number of hydrogen-bond acceptors (Lipinski definition) is 6. The molecule has 3 rings (SSSR count). The van der Waals surface area contributed by atoms with Crippen LogP contribution in [0.4, 0.5) is 0 Å². The molecule has 1 saturated heterocycles. The third kappa shape index (κ3) is 4.73. The molecule has 0 bridgehead atoms. The third-order valence-electron chi connectivity index (χ3n) is 4.71. The first-order valence-corrected chi connectivity index (χ1v) is 8.35. The molecule has 7 nitrogen and oxygen atoms in total. The maximum Gasteiger partial charge on any atom is 1.00 e. The van der Waals surface area contributed by atoms with Crippen molar-refractivity contribution in [1.29, 1.82) is 0 Å². The number of rotatable bonds is 7. The second kappa shape index (κ2) is 8.98. The Labute approximate surface area is 169 Å². The Morgan fingerprint density at radius 2 is 2.04 bits per heavy atom. The standard InChI is InChI=1S/C17H23N3O4.Na/c1-24-16-11(3-2-9-19-16)8-10-18-15(21)13-6-7-14(17(22)23)20(13)12-4-5-12;/h2-3,9,12-14H,4-8,10H2,1H3,(H,18,21)(H,22,23);/q;+1/p-1. The predicted molar refractivity (Wildman–Crippen MR) is 84.2 cm³/mol. The van der Waals surface area contributed by atoms with Crippen LogP contribution in [0.15, 0.2) is 18.3 Å². The van der Waals surface area contributed by atoms with Crippen molar-refractivity contribution in [2.45, 2.75) is 50.2 Å². The van der Waals surface area contributed by atoms with Crippen molar-refractivity contribution < 1.29 is 49.0 Å². The van der Waals surface area contributed by atoms with Crippen LogP contribution in [0.1, 0.15) is 31.2 Å². The predicted octanol–water partition coefficient (Wildman–Crippen LogP) is -3.50. The summed E-state index contributed by atoms with van der Waals surface area (Å²) >= 11 is 0. The summed E-state index contributed by atoms with van der Waals surface area (Å²) in [6, 6.07) is 2.96. The summed E-state index contributed by atoms with van der Waals surface area (Å²) in [4.78, 5) is 29.7. The van der Waals surface area contributed by atoms with E-state index >= 15 is 0 Å². The van der Waals surface area contributed by atoms with Crippen LogP contribution in [0.3, 0.4) is 0 Å². The Morgan fingerprint density at radius 3 is 2.68 bits per heavy atom. The van der Waals surface area contributed by atoms with Crippen molar-refractivity contribution in [3.8, 4) is 5.88 Å². The van der Waals surface area contributed by atoms with E-state index in [2.05, 4.69) is 10.3 Å². The Hall–Kier alpha value is -1.15. The van der Waals surface area contributed by atoms with Crippen LogP contribution in [0.25, 0.3) is 0 Å². The second-order valence-corrected chi connectivity index (χ2v) is 6.32. The van der Waals surface area contributed by atoms with Crippen molar-refractivity contribution >= 4 is 11.9 Å². The van der Waals surface area contributed by atoms with Crippen molar-refractivity contribution in [2.24, 2.45) is 0 Å². The number of nitrogens with zero attached hydrogens (tertiary/aromatic N) is 2. The second-order valence-electron chi connectivity index (χ2n) is 6.32. The summed E-state index contributed by atoms with van der Waals surface area (Å²) in [5.74, 6) is -0.616. The molecule has 2 unspecified atom stereocenters. The maximum absolute atomic E-state index is 12.5. The summed E-state index contributed by atoms with van der Waals surface area (Å²) < 4.78 is 5.20. The van der Waals surface area contributed by atoms with Crippen LogP contribution in [0.2, 0.25) is 0 Å². The van der Waals surface area contributed by atoms with Crippen molar-refractivity contribution in [2.75, 3.05) is 13.7 Å². The Kier molecular flexibility index (Phi) is 7.25. The summed E-state index contributed by atoms with van der Waals surface area (Å²) in [6.07, 6.45) is 5.24. The van der Waals surface area contributed by atoms with E-state index in [0.717, 1.165) is 18.4 Å². The van der Waals surface area contributed by atoms with Crippen LogP contribution in [-0.4, -0.2) is 53.5 Å². The van der Waals surface area contributed by atoms with E-state index in [4.69, 9.17) is 4.74 Å². The first-order chi connectivity index (χ1) is 11.6. The number of ether oxygens (including phenoxy) is 1. The number of nitrogens with one attached hydrogen (secondary N) is 1. The zero-order valence-corrected chi connectivity index (χ0v) is 16.7. The van der Waals surface area contributed by atoms with Crippen molar-refractivity contribution in [3.63, 3.8) is 0 Å². The van der Waals surface area contributed by atoms with Gasteiger partial charge < -0.3 is 20.0 Å². The van der Waals surface area contributed by atoms with Gasteiger partial charge in [0.2, 0.25) is 11.8 Å². The number of carboxylic acid groups (broad SMARTS) is 1. The largest absolute Gasteiger partial charge is 1.00 e. The van der Waals surface area contributed by atoms with Gasteiger partial charge in [-0.05, 0) is 38.2 Å². The number of carboxylic acids is 1. The summed E-state index contributed by atoms with van der Waals surface area (Å²) in [6.45, 7) is 0.464. The normalized spacial score (nSPS) is 22.9. The monoisotopic (exact) mass is 355 g/mol. The van der Waals surface area contributed by atoms with Crippen molar-refractivity contribution in [1.82, 2.24) is 15.2 Å². The molecule has 2 aliphatic rings. The zero-order chi connectivity index (χ0) is 17.1. The van der Waals surface area contributed by atoms with Crippen LogP contribution >= 0.6 is 0 Å². The van der Waals surface area contributed by atoms with E-state index in [0.29, 0.717) is 31.7 Å². The Morgan fingerprint density at radius 1 is 1.32 bits per heavy atom. The van der Waals surface area contributed by atoms with Gasteiger partial charge in [0.05, 0.1) is 25.2 Å². The number of pyridine rings is 1. The van der Waals surface area contributed by atoms with E-state index in [-0.39, 0.29) is 47.5 Å². The molecule has 0 radical (unpaired) electrons. The van der Waals surface area contributed by atoms with Crippen LogP contribution in [0.5, 0.6) is 5.88 Å². The van der Waals surface area contributed by atoms with Gasteiger partial charge in [0.1, 0.15) is 0 Å². The number of carbonyl (C=O) groups excluding carboxylic acids is 2. The van der Waals surface area contributed by atoms with E-state index in [1.54, 1.807) is 13.3 Å². The molecule has 1 aliphatic carbocycles. The molecule has 0 spiro atoms. The molecular weight excluding hydrogens is 333 g/mol. The van der Waals surface area contributed by atoms with E-state index in [1.165, 1.54) is 0 Å². The van der Waals surface area contributed by atoms with Gasteiger partial charge in [-0.1, -0.05) is 6.07 Å². The molecule has 1 saturated carbocycles. The smallest absolute Gasteiger partial charge is 0.548 e. The molecule has 1 aromatic heterocycles. The average molecular weight is 355 g/mol. The fraction of sp³-hybridized carbons (Fsp3) is 0.588. The van der Waals surface area contributed by atoms with Gasteiger partial charge in [-0.2, -0.15) is 0 Å². The number of aromatic nitrogens is 1. The Balaban J connectivity index is 0.00000225. The van der Waals surface area contributed by atoms with Crippen LogP contribution in [0, 0.1) is 0 Å².